The Kier molecular flexibility index (Phi) is 5.73. The molecule has 1 N–H and O–H groups in total. The Morgan fingerprint density at radius 2 is 2.44 bits per heavy atom. The van der Waals surface area contributed by atoms with Gasteiger partial charge >= 0.3 is 0 Å². The lowest BCUT2D eigenvalue weighted by Crippen LogP contribution is -2.19. The van der Waals surface area contributed by atoms with Crippen molar-refractivity contribution in [2.24, 2.45) is 4.99 Å². The lowest BCUT2D eigenvalue weighted by molar-refractivity contribution is 0.631. The molecule has 0 atom stereocenters. The molecule has 88 valence electrons. The lowest BCUT2D eigenvalue weighted by Gasteiger charge is -2.10. The zero-order valence-corrected chi connectivity index (χ0v) is 11.6. The summed E-state index contributed by atoms with van der Waals surface area (Å²) in [5, 5.41) is 7.21. The molecule has 0 aliphatic rings. The predicted molar refractivity (Wildman–Crippen MR) is 75.2 cm³/mol. The molecule has 1 aromatic heterocycles. The maximum Gasteiger partial charge on any atom is 0.199 e. The fraction of sp³-hybridized carbons (Fsp3) is 0.300. The summed E-state index contributed by atoms with van der Waals surface area (Å²) in [5.41, 5.74) is 0. The summed E-state index contributed by atoms with van der Waals surface area (Å²) in [4.78, 5) is 7.15. The van der Waals surface area contributed by atoms with E-state index in [4.69, 9.17) is 11.6 Å². The van der Waals surface area contributed by atoms with Crippen LogP contribution in [0.3, 0.4) is 0 Å². The van der Waals surface area contributed by atoms with Gasteiger partial charge in [0.15, 0.2) is 5.29 Å². The first-order chi connectivity index (χ1) is 7.63. The minimum atomic E-state index is 0.416. The molecule has 3 nitrogen and oxygen atoms in total. The van der Waals surface area contributed by atoms with Gasteiger partial charge in [-0.2, -0.15) is 0 Å². The van der Waals surface area contributed by atoms with Gasteiger partial charge in [0.1, 0.15) is 5.82 Å². The van der Waals surface area contributed by atoms with E-state index < -0.39 is 0 Å². The number of hydrogen-bond donors (Lipinski definition) is 2. The Morgan fingerprint density at radius 3 is 2.94 bits per heavy atom. The molecule has 0 unspecified atom stereocenters. The van der Waals surface area contributed by atoms with Crippen LogP contribution in [0.15, 0.2) is 33.7 Å². The number of thiophene rings is 1. The Morgan fingerprint density at radius 1 is 1.69 bits per heavy atom. The van der Waals surface area contributed by atoms with Crippen molar-refractivity contribution in [1.29, 1.82) is 0 Å². The van der Waals surface area contributed by atoms with Crippen LogP contribution in [-0.2, 0) is 6.54 Å². The summed E-state index contributed by atoms with van der Waals surface area (Å²) in [6.45, 7) is 0.727. The molecule has 0 fully saturated rings. The average Bonchev–Trinajstić information content (AvgIpc) is 2.76. The number of amidine groups is 1. The van der Waals surface area contributed by atoms with E-state index in [0.717, 1.165) is 6.54 Å². The van der Waals surface area contributed by atoms with Crippen molar-refractivity contribution in [3.63, 3.8) is 0 Å². The van der Waals surface area contributed by atoms with Crippen molar-refractivity contribution < 1.29 is 0 Å². The molecule has 6 heteroatoms. The van der Waals surface area contributed by atoms with Gasteiger partial charge in [0, 0.05) is 24.4 Å². The first kappa shape index (κ1) is 13.4. The fourth-order valence-corrected chi connectivity index (χ4v) is 1.79. The lowest BCUT2D eigenvalue weighted by atomic mass is 10.4. The second-order valence-electron chi connectivity index (χ2n) is 3.22. The molecule has 0 aromatic carbocycles. The Hall–Kier alpha value is -0.650. The molecule has 0 aliphatic heterocycles. The monoisotopic (exact) mass is 275 g/mol. The Balaban J connectivity index is 2.54. The topological polar surface area (TPSA) is 27.6 Å². The standard InChI is InChI=1S/C10H14ClN3S2/c1-14(2)10(11)13-9(7-15)12-6-8-4-3-5-16-8/h3-5,7,12,15H,6H2,1-2H3/b9-7+,13-10-. The number of nitrogens with zero attached hydrogens (tertiary/aromatic N) is 2. The molecule has 1 heterocycles. The molecule has 0 aliphatic carbocycles. The molecule has 0 saturated carbocycles. The van der Waals surface area contributed by atoms with E-state index in [-0.39, 0.29) is 0 Å². The summed E-state index contributed by atoms with van der Waals surface area (Å²) < 4.78 is 0. The molecule has 1 rings (SSSR count). The summed E-state index contributed by atoms with van der Waals surface area (Å²) >= 11 is 11.7. The van der Waals surface area contributed by atoms with E-state index in [0.29, 0.717) is 11.1 Å². The van der Waals surface area contributed by atoms with E-state index in [2.05, 4.69) is 29.0 Å². The zero-order chi connectivity index (χ0) is 12.0. The summed E-state index contributed by atoms with van der Waals surface area (Å²) in [6.07, 6.45) is 0. The van der Waals surface area contributed by atoms with Gasteiger partial charge in [-0.15, -0.1) is 24.0 Å². The zero-order valence-electron chi connectivity index (χ0n) is 9.14. The third kappa shape index (κ3) is 4.47. The largest absolute Gasteiger partial charge is 0.365 e. The van der Waals surface area contributed by atoms with Crippen LogP contribution in [0.1, 0.15) is 4.88 Å². The van der Waals surface area contributed by atoms with Crippen LogP contribution >= 0.6 is 35.6 Å². The van der Waals surface area contributed by atoms with Crippen LogP contribution in [0.25, 0.3) is 0 Å². The van der Waals surface area contributed by atoms with Gasteiger partial charge in [-0.25, -0.2) is 4.99 Å². The molecule has 0 bridgehead atoms. The van der Waals surface area contributed by atoms with Gasteiger partial charge in [-0.1, -0.05) is 6.07 Å². The molecule has 0 saturated heterocycles. The minimum absolute atomic E-state index is 0.416. The second kappa shape index (κ2) is 6.83. The van der Waals surface area contributed by atoms with Crippen LogP contribution in [0, 0.1) is 0 Å². The first-order valence-electron chi connectivity index (χ1n) is 4.65. The summed E-state index contributed by atoms with van der Waals surface area (Å²) in [6, 6.07) is 4.08. The number of aliphatic imine (C=N–C) groups is 1. The van der Waals surface area contributed by atoms with Crippen LogP contribution in [-0.4, -0.2) is 24.3 Å². The molecule has 0 spiro atoms. The highest BCUT2D eigenvalue weighted by Gasteiger charge is 2.00. The number of thiol groups is 1. The predicted octanol–water partition coefficient (Wildman–Crippen LogP) is 2.72. The van der Waals surface area contributed by atoms with Gasteiger partial charge in [0.05, 0.1) is 6.54 Å². The molecule has 0 amide bonds. The van der Waals surface area contributed by atoms with Crippen LogP contribution < -0.4 is 5.32 Å². The minimum Gasteiger partial charge on any atom is -0.365 e. The number of hydrogen-bond acceptors (Lipinski definition) is 4. The van der Waals surface area contributed by atoms with Crippen molar-refractivity contribution >= 4 is 40.9 Å². The molecule has 16 heavy (non-hydrogen) atoms. The fourth-order valence-electron chi connectivity index (χ4n) is 0.904. The van der Waals surface area contributed by atoms with E-state index in [1.165, 1.54) is 4.88 Å². The third-order valence-corrected chi connectivity index (χ3v) is 3.27. The van der Waals surface area contributed by atoms with Gasteiger partial charge in [0.2, 0.25) is 0 Å². The summed E-state index contributed by atoms with van der Waals surface area (Å²) in [5.74, 6) is 0.649. The third-order valence-electron chi connectivity index (χ3n) is 1.73. The van der Waals surface area contributed by atoms with Crippen LogP contribution in [0.5, 0.6) is 0 Å². The van der Waals surface area contributed by atoms with Gasteiger partial charge in [-0.3, -0.25) is 0 Å². The number of rotatable bonds is 4. The highest BCUT2D eigenvalue weighted by atomic mass is 35.5. The van der Waals surface area contributed by atoms with Crippen LogP contribution in [0.2, 0.25) is 0 Å². The molecule has 1 aromatic rings. The van der Waals surface area contributed by atoms with Crippen molar-refractivity contribution in [3.8, 4) is 0 Å². The highest BCUT2D eigenvalue weighted by Crippen LogP contribution is 2.09. The van der Waals surface area contributed by atoms with Crippen molar-refractivity contribution in [2.75, 3.05) is 14.1 Å². The number of nitrogens with one attached hydrogen (secondary N) is 1. The average molecular weight is 276 g/mol. The SMILES string of the molecule is CN(C)/C(Cl)=N\C(=C\S)NCc1cccs1. The van der Waals surface area contributed by atoms with E-state index in [1.54, 1.807) is 21.6 Å². The van der Waals surface area contributed by atoms with Crippen molar-refractivity contribution in [1.82, 2.24) is 10.2 Å². The second-order valence-corrected chi connectivity index (χ2v) is 4.85. The van der Waals surface area contributed by atoms with E-state index in [1.807, 2.05) is 25.5 Å². The summed E-state index contributed by atoms with van der Waals surface area (Å²) in [7, 11) is 3.67. The van der Waals surface area contributed by atoms with E-state index >= 15 is 0 Å². The molecular weight excluding hydrogens is 262 g/mol. The number of halogens is 1. The van der Waals surface area contributed by atoms with Gasteiger partial charge in [0.25, 0.3) is 0 Å². The molecule has 0 radical (unpaired) electrons. The maximum absolute atomic E-state index is 5.91. The van der Waals surface area contributed by atoms with Crippen molar-refractivity contribution in [3.05, 3.63) is 33.6 Å². The maximum atomic E-state index is 5.91. The smallest absolute Gasteiger partial charge is 0.199 e. The Labute approximate surface area is 110 Å². The van der Waals surface area contributed by atoms with E-state index in [9.17, 15) is 0 Å². The van der Waals surface area contributed by atoms with Crippen molar-refractivity contribution in [2.45, 2.75) is 6.54 Å². The molecular formula is C10H14ClN3S2. The quantitative estimate of drug-likeness (QED) is 0.383. The normalized spacial score (nSPS) is 12.8. The van der Waals surface area contributed by atoms with Gasteiger partial charge in [-0.05, 0) is 23.0 Å². The van der Waals surface area contributed by atoms with Gasteiger partial charge < -0.3 is 10.2 Å². The Bertz CT molecular complexity index is 371. The first-order valence-corrected chi connectivity index (χ1v) is 6.43. The highest BCUT2D eigenvalue weighted by molar-refractivity contribution is 7.83. The van der Waals surface area contributed by atoms with Crippen LogP contribution in [0.4, 0.5) is 0 Å².